The van der Waals surface area contributed by atoms with Crippen molar-refractivity contribution in [3.8, 4) is 23.0 Å². The van der Waals surface area contributed by atoms with E-state index in [9.17, 15) is 4.79 Å². The van der Waals surface area contributed by atoms with Crippen LogP contribution in [-0.2, 0) is 10.3 Å². The van der Waals surface area contributed by atoms with Gasteiger partial charge in [0.25, 0.3) is 0 Å². The summed E-state index contributed by atoms with van der Waals surface area (Å²) in [5.74, 6) is 1.68. The van der Waals surface area contributed by atoms with Crippen LogP contribution in [-0.4, -0.2) is 34.3 Å². The molecule has 1 heterocycles. The Bertz CT molecular complexity index is 1360. The van der Waals surface area contributed by atoms with E-state index in [2.05, 4.69) is 12.1 Å². The molecule has 1 amide bonds. The highest BCUT2D eigenvalue weighted by atomic mass is 16.5. The molecule has 6 heteroatoms. The Hall–Kier alpha value is -4.45. The molecule has 37 heavy (non-hydrogen) atoms. The van der Waals surface area contributed by atoms with Crippen molar-refractivity contribution in [3.05, 3.63) is 114 Å². The molecule has 1 fully saturated rings. The largest absolute Gasteiger partial charge is 0.497 e. The topological polar surface area (TPSA) is 57.2 Å². The van der Waals surface area contributed by atoms with Crippen molar-refractivity contribution in [2.75, 3.05) is 33.3 Å². The van der Waals surface area contributed by atoms with Gasteiger partial charge in [0.2, 0.25) is 11.7 Å². The predicted molar refractivity (Wildman–Crippen MR) is 143 cm³/mol. The fourth-order valence-electron chi connectivity index (χ4n) is 5.40. The highest BCUT2D eigenvalue weighted by Crippen LogP contribution is 2.59. The Morgan fingerprint density at radius 2 is 1.19 bits per heavy atom. The number of β-lactam (4-membered cyclic amide) rings is 1. The first-order valence-electron chi connectivity index (χ1n) is 12.0. The maximum absolute atomic E-state index is 14.2. The van der Waals surface area contributed by atoms with Gasteiger partial charge >= 0.3 is 0 Å². The van der Waals surface area contributed by atoms with Gasteiger partial charge in [-0.2, -0.15) is 0 Å². The lowest BCUT2D eigenvalue weighted by molar-refractivity contribution is -0.129. The van der Waals surface area contributed by atoms with Crippen LogP contribution < -0.4 is 23.8 Å². The van der Waals surface area contributed by atoms with Crippen LogP contribution in [0, 0.1) is 0 Å². The zero-order chi connectivity index (χ0) is 26.0. The zero-order valence-electron chi connectivity index (χ0n) is 21.3. The molecule has 1 aliphatic rings. The second-order valence-electron chi connectivity index (χ2n) is 8.76. The molecule has 0 spiro atoms. The SMILES string of the molecule is COc1ccc(C2(c3ccccc3)C(c3ccccc3)C(=O)N2c2cc(OC)c(OC)c(OC)c2)cc1. The molecule has 6 nitrogen and oxygen atoms in total. The Balaban J connectivity index is 1.82. The van der Waals surface area contributed by atoms with E-state index in [0.717, 1.165) is 22.4 Å². The molecule has 5 rings (SSSR count). The molecule has 1 saturated heterocycles. The fraction of sp³-hybridized carbons (Fsp3) is 0.194. The molecule has 0 aromatic heterocycles. The molecule has 4 aromatic carbocycles. The monoisotopic (exact) mass is 495 g/mol. The summed E-state index contributed by atoms with van der Waals surface area (Å²) in [5.41, 5.74) is 2.70. The first kappa shape index (κ1) is 24.3. The standard InChI is InChI=1S/C31H29NO5/c1-34-25-17-15-23(16-18-25)31(22-13-9-6-10-14-22)28(21-11-7-5-8-12-21)30(33)32(31)24-19-26(35-2)29(37-4)27(20-24)36-3/h5-20,28H,1-4H3. The lowest BCUT2D eigenvalue weighted by Crippen LogP contribution is -2.68. The van der Waals surface area contributed by atoms with Gasteiger partial charge in [-0.05, 0) is 28.8 Å². The highest BCUT2D eigenvalue weighted by Gasteiger charge is 2.63. The molecule has 0 N–H and O–H groups in total. The number of amides is 1. The lowest BCUT2D eigenvalue weighted by Gasteiger charge is -2.58. The summed E-state index contributed by atoms with van der Waals surface area (Å²) in [7, 11) is 6.34. The van der Waals surface area contributed by atoms with Gasteiger partial charge in [-0.1, -0.05) is 72.8 Å². The highest BCUT2D eigenvalue weighted by molar-refractivity contribution is 6.10. The number of hydrogen-bond donors (Lipinski definition) is 0. The summed E-state index contributed by atoms with van der Waals surface area (Å²) >= 11 is 0. The van der Waals surface area contributed by atoms with E-state index in [1.54, 1.807) is 28.4 Å². The van der Waals surface area contributed by atoms with Gasteiger partial charge in [-0.15, -0.1) is 0 Å². The molecule has 2 atom stereocenters. The summed E-state index contributed by atoms with van der Waals surface area (Å²) < 4.78 is 22.3. The van der Waals surface area contributed by atoms with E-state index in [1.165, 1.54) is 0 Å². The van der Waals surface area contributed by atoms with Crippen molar-refractivity contribution < 1.29 is 23.7 Å². The number of carbonyl (C=O) groups excluding carboxylic acids is 1. The maximum Gasteiger partial charge on any atom is 0.238 e. The third-order valence-corrected chi connectivity index (χ3v) is 7.02. The average molecular weight is 496 g/mol. The van der Waals surface area contributed by atoms with Crippen LogP contribution in [0.15, 0.2) is 97.1 Å². The summed E-state index contributed by atoms with van der Waals surface area (Å²) in [6.07, 6.45) is 0. The first-order valence-corrected chi connectivity index (χ1v) is 12.0. The van der Waals surface area contributed by atoms with Crippen LogP contribution in [0.4, 0.5) is 5.69 Å². The summed E-state index contributed by atoms with van der Waals surface area (Å²) in [4.78, 5) is 16.0. The van der Waals surface area contributed by atoms with Gasteiger partial charge in [0.1, 0.15) is 11.3 Å². The smallest absolute Gasteiger partial charge is 0.238 e. The van der Waals surface area contributed by atoms with E-state index in [1.807, 2.05) is 89.8 Å². The number of hydrogen-bond acceptors (Lipinski definition) is 5. The minimum absolute atomic E-state index is 0.0276. The number of rotatable bonds is 8. The zero-order valence-corrected chi connectivity index (χ0v) is 21.3. The quantitative estimate of drug-likeness (QED) is 0.290. The molecule has 0 saturated carbocycles. The van der Waals surface area contributed by atoms with Crippen molar-refractivity contribution in [2.45, 2.75) is 11.5 Å². The summed E-state index contributed by atoms with van der Waals surface area (Å²) in [6, 6.07) is 31.6. The van der Waals surface area contributed by atoms with Gasteiger partial charge in [0, 0.05) is 12.1 Å². The van der Waals surface area contributed by atoms with Crippen molar-refractivity contribution in [3.63, 3.8) is 0 Å². The van der Waals surface area contributed by atoms with Crippen molar-refractivity contribution in [1.29, 1.82) is 0 Å². The van der Waals surface area contributed by atoms with Gasteiger partial charge in [-0.3, -0.25) is 9.69 Å². The predicted octanol–water partition coefficient (Wildman–Crippen LogP) is 5.80. The lowest BCUT2D eigenvalue weighted by atomic mass is 9.62. The summed E-state index contributed by atoms with van der Waals surface area (Å²) in [6.45, 7) is 0. The van der Waals surface area contributed by atoms with E-state index in [4.69, 9.17) is 18.9 Å². The van der Waals surface area contributed by atoms with E-state index in [-0.39, 0.29) is 5.91 Å². The normalized spacial score (nSPS) is 18.6. The van der Waals surface area contributed by atoms with Gasteiger partial charge in [0.05, 0.1) is 40.0 Å². The average Bonchev–Trinajstić information content (AvgIpc) is 2.96. The molecule has 1 aliphatic heterocycles. The van der Waals surface area contributed by atoms with Crippen LogP contribution in [0.25, 0.3) is 0 Å². The molecular weight excluding hydrogens is 466 g/mol. The minimum atomic E-state index is -0.837. The van der Waals surface area contributed by atoms with Gasteiger partial charge < -0.3 is 18.9 Å². The second kappa shape index (κ2) is 9.90. The number of nitrogens with zero attached hydrogens (tertiary/aromatic N) is 1. The minimum Gasteiger partial charge on any atom is -0.497 e. The first-order chi connectivity index (χ1) is 18.1. The molecule has 4 aromatic rings. The number of ether oxygens (including phenoxy) is 4. The van der Waals surface area contributed by atoms with Crippen LogP contribution in [0.2, 0.25) is 0 Å². The van der Waals surface area contributed by atoms with Crippen LogP contribution >= 0.6 is 0 Å². The molecule has 0 aliphatic carbocycles. The summed E-state index contributed by atoms with van der Waals surface area (Å²) in [5, 5.41) is 0. The van der Waals surface area contributed by atoms with E-state index < -0.39 is 11.5 Å². The molecule has 188 valence electrons. The Labute approximate surface area is 217 Å². The molecule has 2 unspecified atom stereocenters. The van der Waals surface area contributed by atoms with Crippen molar-refractivity contribution in [1.82, 2.24) is 0 Å². The number of benzene rings is 4. The molecule has 0 bridgehead atoms. The van der Waals surface area contributed by atoms with Crippen molar-refractivity contribution >= 4 is 11.6 Å². The van der Waals surface area contributed by atoms with Gasteiger partial charge in [-0.25, -0.2) is 0 Å². The number of anilines is 1. The third kappa shape index (κ3) is 3.76. The number of methoxy groups -OCH3 is 4. The maximum atomic E-state index is 14.2. The molecular formula is C31H29NO5. The molecule has 0 radical (unpaired) electrons. The van der Waals surface area contributed by atoms with Crippen molar-refractivity contribution in [2.24, 2.45) is 0 Å². The van der Waals surface area contributed by atoms with Crippen LogP contribution in [0.5, 0.6) is 23.0 Å². The van der Waals surface area contributed by atoms with Gasteiger partial charge in [0.15, 0.2) is 11.5 Å². The fourth-order valence-corrected chi connectivity index (χ4v) is 5.40. The second-order valence-corrected chi connectivity index (χ2v) is 8.76. The Morgan fingerprint density at radius 3 is 1.70 bits per heavy atom. The third-order valence-electron chi connectivity index (χ3n) is 7.02. The van der Waals surface area contributed by atoms with Crippen LogP contribution in [0.1, 0.15) is 22.6 Å². The van der Waals surface area contributed by atoms with Crippen LogP contribution in [0.3, 0.4) is 0 Å². The number of carbonyl (C=O) groups is 1. The van der Waals surface area contributed by atoms with E-state index >= 15 is 0 Å². The van der Waals surface area contributed by atoms with E-state index in [0.29, 0.717) is 22.9 Å². The Morgan fingerprint density at radius 1 is 0.649 bits per heavy atom. The Kier molecular flexibility index (Phi) is 6.49.